The van der Waals surface area contributed by atoms with Gasteiger partial charge in [-0.15, -0.1) is 12.4 Å². The van der Waals surface area contributed by atoms with Crippen molar-refractivity contribution in [3.8, 4) is 11.3 Å². The lowest BCUT2D eigenvalue weighted by Crippen LogP contribution is -2.45. The van der Waals surface area contributed by atoms with E-state index < -0.39 is 6.09 Å². The molecule has 2 atom stereocenters. The number of carbonyl (C=O) groups excluding carboxylic acids is 2. The molecule has 0 aliphatic carbocycles. The molecule has 7 nitrogen and oxygen atoms in total. The Balaban J connectivity index is 0.00000280. The number of carbonyl (C=O) groups is 2. The number of benzene rings is 1. The maximum atomic E-state index is 12.2. The third-order valence-corrected chi connectivity index (χ3v) is 4.65. The van der Waals surface area contributed by atoms with Crippen LogP contribution in [0.1, 0.15) is 45.7 Å². The molecule has 1 aromatic carbocycles. The molecule has 152 valence electrons. The van der Waals surface area contributed by atoms with Crippen molar-refractivity contribution in [1.82, 2.24) is 14.9 Å². The van der Waals surface area contributed by atoms with Gasteiger partial charge >= 0.3 is 6.09 Å². The first-order valence-electron chi connectivity index (χ1n) is 9.15. The summed E-state index contributed by atoms with van der Waals surface area (Å²) in [5, 5.41) is 2.96. The highest BCUT2D eigenvalue weighted by Gasteiger charge is 2.33. The fourth-order valence-corrected chi connectivity index (χ4v) is 3.59. The second kappa shape index (κ2) is 8.65. The number of aromatic nitrogens is 2. The van der Waals surface area contributed by atoms with Crippen molar-refractivity contribution in [2.24, 2.45) is 7.05 Å². The van der Waals surface area contributed by atoms with Crippen LogP contribution in [0.15, 0.2) is 30.7 Å². The molecule has 0 radical (unpaired) electrons. The molecule has 0 fully saturated rings. The van der Waals surface area contributed by atoms with E-state index in [0.29, 0.717) is 6.42 Å². The number of nitrogens with zero attached hydrogens (tertiary/aromatic N) is 3. The minimum atomic E-state index is -0.451. The minimum Gasteiger partial charge on any atom is -0.447 e. The van der Waals surface area contributed by atoms with Crippen molar-refractivity contribution in [3.05, 3.63) is 36.3 Å². The van der Waals surface area contributed by atoms with Crippen LogP contribution in [0.3, 0.4) is 0 Å². The van der Waals surface area contributed by atoms with Gasteiger partial charge in [0.15, 0.2) is 0 Å². The quantitative estimate of drug-likeness (QED) is 0.840. The van der Waals surface area contributed by atoms with Crippen LogP contribution in [-0.2, 0) is 16.6 Å². The van der Waals surface area contributed by atoms with Gasteiger partial charge < -0.3 is 19.5 Å². The highest BCUT2D eigenvalue weighted by molar-refractivity contribution is 5.94. The Kier molecular flexibility index (Phi) is 6.72. The average Bonchev–Trinajstić information content (AvgIpc) is 2.99. The fraction of sp³-hybridized carbons (Fsp3) is 0.450. The van der Waals surface area contributed by atoms with Gasteiger partial charge in [-0.05, 0) is 44.9 Å². The lowest BCUT2D eigenvalue weighted by atomic mass is 9.90. The Morgan fingerprint density at radius 2 is 2.04 bits per heavy atom. The van der Waals surface area contributed by atoms with Crippen LogP contribution in [0.4, 0.5) is 10.5 Å². The molecule has 8 heteroatoms. The summed E-state index contributed by atoms with van der Waals surface area (Å²) in [6, 6.07) is 5.62. The molecule has 0 saturated carbocycles. The Morgan fingerprint density at radius 3 is 2.61 bits per heavy atom. The summed E-state index contributed by atoms with van der Waals surface area (Å²) in [4.78, 5) is 30.6. The molecule has 1 aliphatic rings. The third kappa shape index (κ3) is 4.47. The van der Waals surface area contributed by atoms with Crippen LogP contribution in [0.2, 0.25) is 0 Å². The highest BCUT2D eigenvalue weighted by atomic mass is 35.5. The van der Waals surface area contributed by atoms with Crippen LogP contribution in [0.25, 0.3) is 11.3 Å². The Morgan fingerprint density at radius 1 is 1.32 bits per heavy atom. The van der Waals surface area contributed by atoms with E-state index in [1.165, 1.54) is 0 Å². The third-order valence-electron chi connectivity index (χ3n) is 4.65. The molecule has 0 spiro atoms. The van der Waals surface area contributed by atoms with Crippen molar-refractivity contribution >= 4 is 30.1 Å². The number of aryl methyl sites for hydroxylation is 1. The lowest BCUT2D eigenvalue weighted by molar-refractivity contribution is -0.117. The number of amides is 2. The predicted molar refractivity (Wildman–Crippen MR) is 111 cm³/mol. The number of hydrogen-bond acceptors (Lipinski definition) is 4. The summed E-state index contributed by atoms with van der Waals surface area (Å²) in [6.07, 6.45) is 3.65. The molecule has 28 heavy (non-hydrogen) atoms. The zero-order valence-electron chi connectivity index (χ0n) is 16.8. The van der Waals surface area contributed by atoms with Crippen LogP contribution in [0.5, 0.6) is 0 Å². The molecule has 0 unspecified atom stereocenters. The Labute approximate surface area is 171 Å². The van der Waals surface area contributed by atoms with Crippen LogP contribution >= 0.6 is 12.4 Å². The molecule has 0 bridgehead atoms. The van der Waals surface area contributed by atoms with Gasteiger partial charge in [0, 0.05) is 37.5 Å². The van der Waals surface area contributed by atoms with Crippen molar-refractivity contribution in [1.29, 1.82) is 0 Å². The van der Waals surface area contributed by atoms with E-state index in [-0.39, 0.29) is 36.5 Å². The Bertz CT molecular complexity index is 865. The van der Waals surface area contributed by atoms with Gasteiger partial charge in [0.25, 0.3) is 0 Å². The monoisotopic (exact) mass is 406 g/mol. The van der Waals surface area contributed by atoms with Gasteiger partial charge in [-0.3, -0.25) is 4.79 Å². The number of alkyl carbamates (subject to hydrolysis) is 1. The zero-order chi connectivity index (χ0) is 19.7. The van der Waals surface area contributed by atoms with E-state index in [9.17, 15) is 9.59 Å². The standard InChI is InChI=1S/C20H26N4O3.ClH/c1-12(2)27-20(26)22-17-8-13(3)24(14(4)25)19-7-6-15(9-16(17)19)18-10-23(5)11-21-18;/h6-7,9-13,17H,8H2,1-5H3,(H,22,26);1H/t13-,17+;/m0./s1. The number of nitrogens with one attached hydrogen (secondary N) is 1. The minimum absolute atomic E-state index is 0. The summed E-state index contributed by atoms with van der Waals surface area (Å²) in [6.45, 7) is 7.18. The lowest BCUT2D eigenvalue weighted by Gasteiger charge is -2.39. The molecule has 1 N–H and O–H groups in total. The van der Waals surface area contributed by atoms with E-state index in [4.69, 9.17) is 4.74 Å². The molecule has 3 rings (SSSR count). The van der Waals surface area contributed by atoms with E-state index in [2.05, 4.69) is 10.3 Å². The van der Waals surface area contributed by atoms with Gasteiger partial charge in [-0.2, -0.15) is 0 Å². The molecule has 2 heterocycles. The van der Waals surface area contributed by atoms with Crippen LogP contribution in [-0.4, -0.2) is 33.7 Å². The summed E-state index contributed by atoms with van der Waals surface area (Å²) in [7, 11) is 1.92. The molecular formula is C20H27ClN4O3. The molecular weight excluding hydrogens is 380 g/mol. The summed E-state index contributed by atoms with van der Waals surface area (Å²) in [5.74, 6) is -0.0162. The van der Waals surface area contributed by atoms with Gasteiger partial charge in [-0.25, -0.2) is 9.78 Å². The first-order valence-corrected chi connectivity index (χ1v) is 9.15. The number of hydrogen-bond donors (Lipinski definition) is 1. The van der Waals surface area contributed by atoms with Gasteiger partial charge in [0.2, 0.25) is 5.91 Å². The van der Waals surface area contributed by atoms with Crippen molar-refractivity contribution < 1.29 is 14.3 Å². The molecule has 1 aliphatic heterocycles. The van der Waals surface area contributed by atoms with E-state index >= 15 is 0 Å². The van der Waals surface area contributed by atoms with Gasteiger partial charge in [0.05, 0.1) is 24.2 Å². The fourth-order valence-electron chi connectivity index (χ4n) is 3.59. The van der Waals surface area contributed by atoms with E-state index in [0.717, 1.165) is 22.5 Å². The SMILES string of the molecule is CC(=O)N1c2ccc(-c3cn(C)cn3)cc2[C@H](NC(=O)OC(C)C)C[C@@H]1C.Cl. The van der Waals surface area contributed by atoms with Crippen LogP contribution < -0.4 is 10.2 Å². The number of anilines is 1. The summed E-state index contributed by atoms with van der Waals surface area (Å²) < 4.78 is 7.13. The van der Waals surface area contributed by atoms with Crippen LogP contribution in [0, 0.1) is 0 Å². The maximum Gasteiger partial charge on any atom is 0.407 e. The number of imidazole rings is 1. The second-order valence-electron chi connectivity index (χ2n) is 7.32. The zero-order valence-corrected chi connectivity index (χ0v) is 17.6. The summed E-state index contributed by atoms with van der Waals surface area (Å²) >= 11 is 0. The van der Waals surface area contributed by atoms with Crippen molar-refractivity contribution in [3.63, 3.8) is 0 Å². The number of halogens is 1. The molecule has 0 saturated heterocycles. The summed E-state index contributed by atoms with van der Waals surface area (Å²) in [5.41, 5.74) is 3.50. The number of fused-ring (bicyclic) bond motifs is 1. The topological polar surface area (TPSA) is 76.5 Å². The second-order valence-corrected chi connectivity index (χ2v) is 7.32. The smallest absolute Gasteiger partial charge is 0.407 e. The van der Waals surface area contributed by atoms with Crippen molar-refractivity contribution in [2.45, 2.75) is 52.3 Å². The average molecular weight is 407 g/mol. The molecule has 2 amide bonds. The normalized spacial score (nSPS) is 18.3. The van der Waals surface area contributed by atoms with E-state index in [1.807, 2.05) is 56.8 Å². The molecule has 1 aromatic heterocycles. The molecule has 2 aromatic rings. The maximum absolute atomic E-state index is 12.2. The van der Waals surface area contributed by atoms with E-state index in [1.54, 1.807) is 18.2 Å². The highest BCUT2D eigenvalue weighted by Crippen LogP contribution is 2.39. The first-order chi connectivity index (χ1) is 12.8. The Hall–Kier alpha value is -2.54. The number of ether oxygens (including phenoxy) is 1. The number of rotatable bonds is 3. The predicted octanol–water partition coefficient (Wildman–Crippen LogP) is 3.83. The largest absolute Gasteiger partial charge is 0.447 e. The first kappa shape index (κ1) is 21.8. The van der Waals surface area contributed by atoms with Crippen molar-refractivity contribution in [2.75, 3.05) is 4.90 Å². The van der Waals surface area contributed by atoms with Gasteiger partial charge in [0.1, 0.15) is 0 Å². The van der Waals surface area contributed by atoms with Gasteiger partial charge in [-0.1, -0.05) is 6.07 Å².